The number of amides is 2. The first-order valence-electron chi connectivity index (χ1n) is 14.9. The van der Waals surface area contributed by atoms with Crippen LogP contribution < -0.4 is 20.3 Å². The van der Waals surface area contributed by atoms with Crippen LogP contribution in [0, 0.1) is 6.92 Å². The molecule has 234 valence electrons. The molecule has 2 amide bonds. The van der Waals surface area contributed by atoms with E-state index in [-0.39, 0.29) is 17.4 Å². The van der Waals surface area contributed by atoms with E-state index in [1.165, 1.54) is 17.5 Å². The molecule has 4 aromatic rings. The van der Waals surface area contributed by atoms with E-state index in [0.29, 0.717) is 24.2 Å². The molecule has 1 heterocycles. The first-order chi connectivity index (χ1) is 21.1. The van der Waals surface area contributed by atoms with Gasteiger partial charge in [0.1, 0.15) is 0 Å². The molecule has 4 rings (SSSR count). The van der Waals surface area contributed by atoms with E-state index in [9.17, 15) is 9.59 Å². The molecule has 1 aromatic heterocycles. The van der Waals surface area contributed by atoms with Gasteiger partial charge >= 0.3 is 0 Å². The van der Waals surface area contributed by atoms with Crippen molar-refractivity contribution in [1.29, 1.82) is 0 Å². The van der Waals surface area contributed by atoms with Crippen molar-refractivity contribution in [2.24, 2.45) is 0 Å². The topological polar surface area (TPSA) is 91.3 Å². The number of rotatable bonds is 12. The van der Waals surface area contributed by atoms with Gasteiger partial charge in [0.05, 0.1) is 11.7 Å². The summed E-state index contributed by atoms with van der Waals surface area (Å²) < 4.78 is 3.89. The van der Waals surface area contributed by atoms with E-state index in [2.05, 4.69) is 67.1 Å². The van der Waals surface area contributed by atoms with Gasteiger partial charge in [0.2, 0.25) is 0 Å². The Bertz CT molecular complexity index is 1450. The number of anilines is 1. The molecule has 8 nitrogen and oxygen atoms in total. The number of nitrogens with one attached hydrogen (secondary N) is 3. The van der Waals surface area contributed by atoms with Gasteiger partial charge in [-0.25, -0.2) is 0 Å². The molecule has 3 N–H and O–H groups in total. The molecule has 0 saturated carbocycles. The highest BCUT2D eigenvalue weighted by molar-refractivity contribution is 7.99. The molecule has 0 radical (unpaired) electrons. The smallest absolute Gasteiger partial charge is 0.251 e. The predicted molar refractivity (Wildman–Crippen MR) is 183 cm³/mol. The monoisotopic (exact) mass is 614 g/mol. The van der Waals surface area contributed by atoms with Gasteiger partial charge in [-0.3, -0.25) is 14.3 Å². The average molecular weight is 615 g/mol. The zero-order valence-electron chi connectivity index (χ0n) is 26.8. The molecule has 0 aliphatic heterocycles. The summed E-state index contributed by atoms with van der Waals surface area (Å²) in [5, 5.41) is 13.7. The molecule has 0 aliphatic rings. The Kier molecular flexibility index (Phi) is 13.5. The Morgan fingerprint density at radius 2 is 1.45 bits per heavy atom. The summed E-state index contributed by atoms with van der Waals surface area (Å²) in [4.78, 5) is 25.8. The molecule has 0 aliphatic carbocycles. The van der Waals surface area contributed by atoms with Crippen LogP contribution in [0.4, 0.5) is 5.69 Å². The lowest BCUT2D eigenvalue weighted by Gasteiger charge is -2.18. The van der Waals surface area contributed by atoms with Gasteiger partial charge in [0.15, 0.2) is 0 Å². The van der Waals surface area contributed by atoms with Crippen LogP contribution in [0.1, 0.15) is 64.6 Å². The lowest BCUT2D eigenvalue weighted by atomic mass is 10.1. The minimum absolute atomic E-state index is 0.0348. The maximum atomic E-state index is 12.9. The van der Waals surface area contributed by atoms with Crippen molar-refractivity contribution < 1.29 is 9.59 Å². The molecular weight excluding hydrogens is 568 g/mol. The molecular formula is C35H46N6O2S. The second-order valence-electron chi connectivity index (χ2n) is 11.5. The molecule has 0 atom stereocenters. The fourth-order valence-corrected chi connectivity index (χ4v) is 4.46. The molecule has 0 saturated heterocycles. The maximum Gasteiger partial charge on any atom is 0.251 e. The van der Waals surface area contributed by atoms with Crippen molar-refractivity contribution in [2.45, 2.75) is 52.7 Å². The van der Waals surface area contributed by atoms with E-state index in [1.54, 1.807) is 12.1 Å². The minimum atomic E-state index is -0.215. The Morgan fingerprint density at radius 3 is 2.00 bits per heavy atom. The molecule has 0 unspecified atom stereocenters. The second-order valence-corrected chi connectivity index (χ2v) is 12.4. The molecule has 44 heavy (non-hydrogen) atoms. The maximum absolute atomic E-state index is 12.9. The standard InChI is InChI=1S/C28H38N6O2S.C7H8/c1-28(2,3)34-20-22(19-32-34)17-29-12-9-13-30-26(35)23-14-24(16-25(15-23)33(4)37-5)27(36)31-18-21-10-7-6-8-11-21;1-7-5-3-2-4-6-7/h6-8,10-11,14-16,19-20,29H,9,12-13,17-18H2,1-5H3,(H,30,35)(H,31,36);2-6H,1H3. The molecule has 9 heteroatoms. The predicted octanol–water partition coefficient (Wildman–Crippen LogP) is 6.19. The fourth-order valence-electron chi connectivity index (χ4n) is 4.14. The third kappa shape index (κ3) is 11.5. The van der Waals surface area contributed by atoms with Crippen LogP contribution in [0.5, 0.6) is 0 Å². The fraction of sp³-hybridized carbons (Fsp3) is 0.343. The number of benzene rings is 3. The van der Waals surface area contributed by atoms with Gasteiger partial charge in [-0.2, -0.15) is 5.10 Å². The van der Waals surface area contributed by atoms with Crippen molar-refractivity contribution in [3.05, 3.63) is 119 Å². The van der Waals surface area contributed by atoms with Crippen LogP contribution in [0.3, 0.4) is 0 Å². The third-order valence-corrected chi connectivity index (χ3v) is 7.54. The Labute approximate surface area is 266 Å². The van der Waals surface area contributed by atoms with E-state index < -0.39 is 0 Å². The summed E-state index contributed by atoms with van der Waals surface area (Å²) in [6, 6.07) is 25.3. The summed E-state index contributed by atoms with van der Waals surface area (Å²) in [5.74, 6) is -0.409. The Balaban J connectivity index is 0.000000662. The van der Waals surface area contributed by atoms with Crippen LogP contribution >= 0.6 is 11.9 Å². The number of carbonyl (C=O) groups is 2. The van der Waals surface area contributed by atoms with Gasteiger partial charge in [-0.15, -0.1) is 0 Å². The zero-order valence-corrected chi connectivity index (χ0v) is 27.6. The molecule has 0 bridgehead atoms. The van der Waals surface area contributed by atoms with Crippen molar-refractivity contribution in [2.75, 3.05) is 30.7 Å². The summed E-state index contributed by atoms with van der Waals surface area (Å²) in [7, 11) is 1.91. The zero-order chi connectivity index (χ0) is 32.0. The van der Waals surface area contributed by atoms with Crippen molar-refractivity contribution in [3.63, 3.8) is 0 Å². The van der Waals surface area contributed by atoms with Crippen LogP contribution in [0.2, 0.25) is 0 Å². The summed E-state index contributed by atoms with van der Waals surface area (Å²) in [5.41, 5.74) is 5.15. The number of aryl methyl sites for hydroxylation is 1. The highest BCUT2D eigenvalue weighted by Gasteiger charge is 2.15. The summed E-state index contributed by atoms with van der Waals surface area (Å²) in [6.07, 6.45) is 6.67. The van der Waals surface area contributed by atoms with Crippen LogP contribution in [0.15, 0.2) is 91.3 Å². The van der Waals surface area contributed by atoms with E-state index >= 15 is 0 Å². The highest BCUT2D eigenvalue weighted by Crippen LogP contribution is 2.23. The number of hydrogen-bond donors (Lipinski definition) is 3. The Morgan fingerprint density at radius 1 is 0.841 bits per heavy atom. The van der Waals surface area contributed by atoms with Gasteiger partial charge in [-0.1, -0.05) is 78.2 Å². The summed E-state index contributed by atoms with van der Waals surface area (Å²) >= 11 is 1.51. The number of carbonyl (C=O) groups excluding carboxylic acids is 2. The lowest BCUT2D eigenvalue weighted by Crippen LogP contribution is -2.28. The van der Waals surface area contributed by atoms with Crippen LogP contribution in [-0.4, -0.2) is 48.0 Å². The van der Waals surface area contributed by atoms with Crippen molar-refractivity contribution in [3.8, 4) is 0 Å². The van der Waals surface area contributed by atoms with Crippen LogP contribution in [-0.2, 0) is 18.6 Å². The first kappa shape index (κ1) is 34.4. The SMILES string of the molecule is CSN(C)c1cc(C(=O)NCCCNCc2cnn(C(C)(C)C)c2)cc(C(=O)NCc2ccccc2)c1.Cc1ccccc1. The largest absolute Gasteiger partial charge is 0.352 e. The second kappa shape index (κ2) is 17.3. The van der Waals surface area contributed by atoms with Crippen molar-refractivity contribution >= 4 is 29.4 Å². The van der Waals surface area contributed by atoms with Gasteiger partial charge in [0, 0.05) is 61.5 Å². The number of nitrogens with zero attached hydrogens (tertiary/aromatic N) is 3. The average Bonchev–Trinajstić information content (AvgIpc) is 3.52. The van der Waals surface area contributed by atoms with E-state index in [4.69, 9.17) is 0 Å². The summed E-state index contributed by atoms with van der Waals surface area (Å²) in [6.45, 7) is 10.9. The molecule has 0 spiro atoms. The molecule has 3 aromatic carbocycles. The van der Waals surface area contributed by atoms with Gasteiger partial charge in [-0.05, 0) is 64.4 Å². The third-order valence-electron chi connectivity index (χ3n) is 6.78. The number of aromatic nitrogens is 2. The van der Waals surface area contributed by atoms with Gasteiger partial charge in [0.25, 0.3) is 11.8 Å². The van der Waals surface area contributed by atoms with E-state index in [1.807, 2.05) is 83.1 Å². The normalized spacial score (nSPS) is 10.9. The highest BCUT2D eigenvalue weighted by atomic mass is 32.2. The first-order valence-corrected chi connectivity index (χ1v) is 16.0. The quantitative estimate of drug-likeness (QED) is 0.130. The minimum Gasteiger partial charge on any atom is -0.352 e. The number of hydrogen-bond acceptors (Lipinski definition) is 6. The van der Waals surface area contributed by atoms with Crippen molar-refractivity contribution in [1.82, 2.24) is 25.7 Å². The van der Waals surface area contributed by atoms with Gasteiger partial charge < -0.3 is 20.3 Å². The van der Waals surface area contributed by atoms with E-state index in [0.717, 1.165) is 36.3 Å². The lowest BCUT2D eigenvalue weighted by molar-refractivity contribution is 0.0950. The molecule has 0 fully saturated rings. The van der Waals surface area contributed by atoms with Crippen LogP contribution in [0.25, 0.3) is 0 Å². The Hall–Kier alpha value is -4.08.